The van der Waals surface area contributed by atoms with Crippen molar-refractivity contribution in [3.8, 4) is 0 Å². The molecule has 0 saturated carbocycles. The third-order valence-corrected chi connectivity index (χ3v) is 14.3. The Balaban J connectivity index is 3.78. The highest BCUT2D eigenvalue weighted by Crippen LogP contribution is 2.43. The highest BCUT2D eigenvalue weighted by Gasteiger charge is 2.26. The molecule has 0 aliphatic rings. The van der Waals surface area contributed by atoms with Crippen LogP contribution in [-0.2, 0) is 32.7 Å². The van der Waals surface area contributed by atoms with Crippen molar-refractivity contribution in [2.24, 2.45) is 5.73 Å². The molecule has 2 unspecified atom stereocenters. The Morgan fingerprint density at radius 3 is 1.04 bits per heavy atom. The smallest absolute Gasteiger partial charge is 0.462 e. The van der Waals surface area contributed by atoms with Gasteiger partial charge in [0.05, 0.1) is 13.2 Å². The number of phosphoric ester groups is 1. The maximum absolute atomic E-state index is 12.7. The van der Waals surface area contributed by atoms with E-state index in [2.05, 4.69) is 38.2 Å². The maximum atomic E-state index is 12.7. The highest BCUT2D eigenvalue weighted by molar-refractivity contribution is 7.47. The van der Waals surface area contributed by atoms with E-state index < -0.39 is 26.5 Å². The quantitative estimate of drug-likeness (QED) is 0.0264. The van der Waals surface area contributed by atoms with Gasteiger partial charge in [-0.05, 0) is 64.2 Å². The average molecular weight is 997 g/mol. The lowest BCUT2D eigenvalue weighted by Crippen LogP contribution is -2.29. The van der Waals surface area contributed by atoms with Crippen LogP contribution in [0.2, 0.25) is 0 Å². The van der Waals surface area contributed by atoms with Crippen LogP contribution >= 0.6 is 7.82 Å². The lowest BCUT2D eigenvalue weighted by atomic mass is 10.0. The third-order valence-electron chi connectivity index (χ3n) is 13.3. The number of allylic oxidation sites excluding steroid dienone is 4. The normalized spacial score (nSPS) is 13.2. The van der Waals surface area contributed by atoms with Crippen LogP contribution in [0.5, 0.6) is 0 Å². The SMILES string of the molecule is CCCCCC/C=C\CCCCCCCC(=O)OCC(COP(=O)(O)OCCN)OC(=O)CCCCCCCCCCCCCCCCCCCCCCCCC/C=C\CCCCCCCCCC. The Morgan fingerprint density at radius 1 is 0.420 bits per heavy atom. The Bertz CT molecular complexity index is 1180. The van der Waals surface area contributed by atoms with Crippen molar-refractivity contribution in [3.63, 3.8) is 0 Å². The fourth-order valence-electron chi connectivity index (χ4n) is 8.86. The van der Waals surface area contributed by atoms with Crippen LogP contribution < -0.4 is 5.73 Å². The summed E-state index contributed by atoms with van der Waals surface area (Å²) >= 11 is 0. The zero-order valence-corrected chi connectivity index (χ0v) is 46.5. The van der Waals surface area contributed by atoms with E-state index in [4.69, 9.17) is 24.3 Å². The summed E-state index contributed by atoms with van der Waals surface area (Å²) in [6.45, 7) is 3.76. The third kappa shape index (κ3) is 55.7. The number of hydrogen-bond acceptors (Lipinski definition) is 8. The average Bonchev–Trinajstić information content (AvgIpc) is 3.34. The van der Waals surface area contributed by atoms with Crippen LogP contribution in [0.4, 0.5) is 0 Å². The summed E-state index contributed by atoms with van der Waals surface area (Å²) in [5.41, 5.74) is 5.37. The molecule has 0 bridgehead atoms. The predicted octanol–water partition coefficient (Wildman–Crippen LogP) is 18.6. The number of ether oxygens (including phenoxy) is 2. The monoisotopic (exact) mass is 996 g/mol. The van der Waals surface area contributed by atoms with Crippen molar-refractivity contribution in [3.05, 3.63) is 24.3 Å². The van der Waals surface area contributed by atoms with Gasteiger partial charge in [-0.25, -0.2) is 4.57 Å². The molecule has 0 saturated heterocycles. The molecule has 0 rings (SSSR count). The summed E-state index contributed by atoms with van der Waals surface area (Å²) in [7, 11) is -4.38. The van der Waals surface area contributed by atoms with Gasteiger partial charge >= 0.3 is 19.8 Å². The molecular weight excluding hydrogens is 882 g/mol. The van der Waals surface area contributed by atoms with Crippen molar-refractivity contribution >= 4 is 19.8 Å². The largest absolute Gasteiger partial charge is 0.472 e. The molecule has 0 amide bonds. The number of phosphoric acid groups is 1. The molecule has 0 fully saturated rings. The van der Waals surface area contributed by atoms with Gasteiger partial charge in [0.2, 0.25) is 0 Å². The van der Waals surface area contributed by atoms with Gasteiger partial charge in [0, 0.05) is 19.4 Å². The minimum absolute atomic E-state index is 0.0547. The Kier molecular flexibility index (Phi) is 54.6. The second kappa shape index (κ2) is 55.8. The number of unbranched alkanes of at least 4 members (excludes halogenated alkanes) is 40. The van der Waals surface area contributed by atoms with Gasteiger partial charge in [-0.1, -0.05) is 256 Å². The van der Waals surface area contributed by atoms with E-state index in [0.29, 0.717) is 6.42 Å². The summed E-state index contributed by atoms with van der Waals surface area (Å²) in [6.07, 6.45) is 65.5. The van der Waals surface area contributed by atoms with E-state index in [9.17, 15) is 19.0 Å². The minimum atomic E-state index is -4.38. The molecular formula is C59H114NO8P. The number of nitrogens with two attached hydrogens (primary N) is 1. The molecule has 0 aromatic rings. The van der Waals surface area contributed by atoms with E-state index >= 15 is 0 Å². The second-order valence-electron chi connectivity index (χ2n) is 20.2. The van der Waals surface area contributed by atoms with E-state index in [1.165, 1.54) is 225 Å². The molecule has 9 nitrogen and oxygen atoms in total. The molecule has 0 aromatic heterocycles. The van der Waals surface area contributed by atoms with E-state index in [-0.39, 0.29) is 38.6 Å². The molecule has 0 aliphatic carbocycles. The van der Waals surface area contributed by atoms with Crippen LogP contribution in [-0.4, -0.2) is 49.3 Å². The first-order chi connectivity index (χ1) is 33.8. The van der Waals surface area contributed by atoms with Crippen LogP contribution in [0.1, 0.15) is 309 Å². The van der Waals surface area contributed by atoms with Crippen molar-refractivity contribution in [1.29, 1.82) is 0 Å². The Labute approximate surface area is 427 Å². The molecule has 10 heteroatoms. The van der Waals surface area contributed by atoms with Crippen molar-refractivity contribution < 1.29 is 37.6 Å². The summed E-state index contributed by atoms with van der Waals surface area (Å²) in [6, 6.07) is 0. The fraction of sp³-hybridized carbons (Fsp3) is 0.898. The number of rotatable bonds is 57. The predicted molar refractivity (Wildman–Crippen MR) is 294 cm³/mol. The van der Waals surface area contributed by atoms with Crippen LogP contribution in [0, 0.1) is 0 Å². The van der Waals surface area contributed by atoms with E-state index in [1.807, 2.05) is 0 Å². The van der Waals surface area contributed by atoms with Gasteiger partial charge in [-0.2, -0.15) is 0 Å². The Hall–Kier alpha value is -1.51. The zero-order chi connectivity index (χ0) is 50.2. The fourth-order valence-corrected chi connectivity index (χ4v) is 9.63. The molecule has 2 atom stereocenters. The number of carbonyl (C=O) groups is 2. The lowest BCUT2D eigenvalue weighted by Gasteiger charge is -2.19. The summed E-state index contributed by atoms with van der Waals surface area (Å²) in [5, 5.41) is 0. The summed E-state index contributed by atoms with van der Waals surface area (Å²) in [5.74, 6) is -0.824. The number of carbonyl (C=O) groups excluding carboxylic acids is 2. The van der Waals surface area contributed by atoms with Gasteiger partial charge in [0.25, 0.3) is 0 Å². The van der Waals surface area contributed by atoms with Gasteiger partial charge < -0.3 is 20.1 Å². The van der Waals surface area contributed by atoms with Gasteiger partial charge in [-0.15, -0.1) is 0 Å². The highest BCUT2D eigenvalue weighted by atomic mass is 31.2. The van der Waals surface area contributed by atoms with Crippen LogP contribution in [0.15, 0.2) is 24.3 Å². The minimum Gasteiger partial charge on any atom is -0.462 e. The summed E-state index contributed by atoms with van der Waals surface area (Å²) < 4.78 is 33.0. The van der Waals surface area contributed by atoms with Crippen LogP contribution in [0.25, 0.3) is 0 Å². The Morgan fingerprint density at radius 2 is 0.710 bits per heavy atom. The topological polar surface area (TPSA) is 134 Å². The van der Waals surface area contributed by atoms with E-state index in [1.54, 1.807) is 0 Å². The maximum Gasteiger partial charge on any atom is 0.472 e. The molecule has 0 radical (unpaired) electrons. The molecule has 3 N–H and O–H groups in total. The molecule has 0 aromatic carbocycles. The molecule has 0 heterocycles. The summed E-state index contributed by atoms with van der Waals surface area (Å²) in [4.78, 5) is 35.1. The van der Waals surface area contributed by atoms with Gasteiger partial charge in [0.1, 0.15) is 6.61 Å². The number of hydrogen-bond donors (Lipinski definition) is 2. The van der Waals surface area contributed by atoms with E-state index in [0.717, 1.165) is 51.4 Å². The first-order valence-corrected chi connectivity index (χ1v) is 31.3. The molecule has 0 aliphatic heterocycles. The van der Waals surface area contributed by atoms with Crippen molar-refractivity contribution in [1.82, 2.24) is 0 Å². The van der Waals surface area contributed by atoms with Crippen LogP contribution in [0.3, 0.4) is 0 Å². The number of esters is 2. The van der Waals surface area contributed by atoms with Crippen molar-refractivity contribution in [2.75, 3.05) is 26.4 Å². The first-order valence-electron chi connectivity index (χ1n) is 29.8. The zero-order valence-electron chi connectivity index (χ0n) is 45.6. The molecule has 0 spiro atoms. The first kappa shape index (κ1) is 67.5. The standard InChI is InChI=1S/C59H114NO8P/c1-3-5-7-9-11-13-15-17-18-19-20-21-22-23-24-25-26-27-28-29-30-31-32-33-34-35-36-37-38-40-42-44-46-48-50-52-59(62)68-57(56-67-69(63,64)66-54-53-60)55-65-58(61)51-49-47-45-43-41-39-16-14-12-10-8-6-4-2/h14,16,19-20,57H,3-13,15,17-18,21-56,60H2,1-2H3,(H,63,64)/b16-14-,20-19-. The van der Waals surface area contributed by atoms with Gasteiger partial charge in [0.15, 0.2) is 6.10 Å². The molecule has 69 heavy (non-hydrogen) atoms. The van der Waals surface area contributed by atoms with Gasteiger partial charge in [-0.3, -0.25) is 18.6 Å². The molecule has 408 valence electrons. The second-order valence-corrected chi connectivity index (χ2v) is 21.7. The lowest BCUT2D eigenvalue weighted by molar-refractivity contribution is -0.161. The van der Waals surface area contributed by atoms with Crippen molar-refractivity contribution in [2.45, 2.75) is 315 Å².